The second kappa shape index (κ2) is 5.69. The molecule has 1 aromatic carbocycles. The highest BCUT2D eigenvalue weighted by Gasteiger charge is 2.16. The molecule has 3 aromatic rings. The summed E-state index contributed by atoms with van der Waals surface area (Å²) in [7, 11) is 0. The summed E-state index contributed by atoms with van der Waals surface area (Å²) in [5.41, 5.74) is 1.91. The Morgan fingerprint density at radius 2 is 1.83 bits per heavy atom. The summed E-state index contributed by atoms with van der Waals surface area (Å²) in [5, 5.41) is 9.89. The van der Waals surface area contributed by atoms with Crippen LogP contribution in [0.2, 0.25) is 0 Å². The highest BCUT2D eigenvalue weighted by atomic mass is 32.1. The highest BCUT2D eigenvalue weighted by Crippen LogP contribution is 2.17. The van der Waals surface area contributed by atoms with E-state index in [-0.39, 0.29) is 10.9 Å². The van der Waals surface area contributed by atoms with Crippen LogP contribution in [0, 0.1) is 6.92 Å². The van der Waals surface area contributed by atoms with E-state index in [1.54, 1.807) is 30.3 Å². The van der Waals surface area contributed by atoms with Crippen molar-refractivity contribution >= 4 is 34.0 Å². The molecule has 0 saturated heterocycles. The van der Waals surface area contributed by atoms with Crippen LogP contribution in [0.25, 0.3) is 10.8 Å². The molecule has 2 heterocycles. The van der Waals surface area contributed by atoms with Crippen molar-refractivity contribution in [2.45, 2.75) is 6.92 Å². The second-order valence-electron chi connectivity index (χ2n) is 4.92. The Morgan fingerprint density at radius 3 is 2.43 bits per heavy atom. The van der Waals surface area contributed by atoms with Crippen LogP contribution in [0.5, 0.6) is 0 Å². The molecule has 2 N–H and O–H groups in total. The average molecular weight is 328 g/mol. The number of carbonyl (C=O) groups is 2. The van der Waals surface area contributed by atoms with Gasteiger partial charge in [-0.15, -0.1) is 11.3 Å². The van der Waals surface area contributed by atoms with Gasteiger partial charge >= 0.3 is 5.97 Å². The number of nitrogens with one attached hydrogen (secondary N) is 1. The van der Waals surface area contributed by atoms with Crippen LogP contribution in [0.4, 0.5) is 0 Å². The lowest BCUT2D eigenvalue weighted by molar-refractivity contribution is 0.0697. The van der Waals surface area contributed by atoms with Crippen molar-refractivity contribution in [3.8, 4) is 0 Å². The lowest BCUT2D eigenvalue weighted by Gasteiger charge is -2.10. The van der Waals surface area contributed by atoms with Crippen molar-refractivity contribution < 1.29 is 14.7 Å². The van der Waals surface area contributed by atoms with Crippen molar-refractivity contribution in [3.63, 3.8) is 0 Å². The van der Waals surface area contributed by atoms with Gasteiger partial charge in [-0.3, -0.25) is 15.0 Å². The Balaban J connectivity index is 2.11. The number of thiophene rings is 1. The molecule has 0 unspecified atom stereocenters. The fourth-order valence-corrected chi connectivity index (χ4v) is 3.02. The van der Waals surface area contributed by atoms with Gasteiger partial charge in [-0.2, -0.15) is 0 Å². The van der Waals surface area contributed by atoms with Crippen molar-refractivity contribution in [1.82, 2.24) is 4.68 Å². The van der Waals surface area contributed by atoms with Gasteiger partial charge in [0.2, 0.25) is 0 Å². The number of nitrogens with zero attached hydrogens (tertiary/aromatic N) is 1. The number of benzene rings is 1. The third-order valence-corrected chi connectivity index (χ3v) is 4.34. The number of carbonyl (C=O) groups excluding carboxylic acids is 1. The van der Waals surface area contributed by atoms with Gasteiger partial charge in [0, 0.05) is 21.8 Å². The fourth-order valence-electron chi connectivity index (χ4n) is 2.27. The van der Waals surface area contributed by atoms with E-state index in [2.05, 4.69) is 5.43 Å². The monoisotopic (exact) mass is 328 g/mol. The number of aryl methyl sites for hydroxylation is 1. The molecule has 0 bridgehead atoms. The van der Waals surface area contributed by atoms with Crippen molar-refractivity contribution in [2.75, 3.05) is 5.43 Å². The van der Waals surface area contributed by atoms with Crippen molar-refractivity contribution in [3.05, 3.63) is 68.3 Å². The number of aromatic nitrogens is 1. The molecular formula is C16H12N2O4S. The lowest BCUT2D eigenvalue weighted by atomic mass is 10.1. The van der Waals surface area contributed by atoms with Crippen LogP contribution < -0.4 is 11.0 Å². The summed E-state index contributed by atoms with van der Waals surface area (Å²) in [6.45, 7) is 1.87. The number of hydrogen-bond acceptors (Lipinski definition) is 4. The summed E-state index contributed by atoms with van der Waals surface area (Å²) in [4.78, 5) is 37.4. The maximum Gasteiger partial charge on any atom is 0.337 e. The minimum absolute atomic E-state index is 0.0529. The summed E-state index contributed by atoms with van der Waals surface area (Å²) in [6, 6.07) is 9.84. The zero-order chi connectivity index (χ0) is 16.6. The predicted molar refractivity (Wildman–Crippen MR) is 87.9 cm³/mol. The Morgan fingerprint density at radius 1 is 1.13 bits per heavy atom. The first-order valence-electron chi connectivity index (χ1n) is 6.73. The lowest BCUT2D eigenvalue weighted by Crippen LogP contribution is -2.33. The van der Waals surface area contributed by atoms with Gasteiger partial charge in [0.1, 0.15) is 0 Å². The Hall–Kier alpha value is -2.93. The molecule has 0 fully saturated rings. The van der Waals surface area contributed by atoms with E-state index in [1.807, 2.05) is 6.92 Å². The molecule has 0 aliphatic heterocycles. The minimum Gasteiger partial charge on any atom is -0.478 e. The first-order valence-corrected chi connectivity index (χ1v) is 7.54. The van der Waals surface area contributed by atoms with Crippen LogP contribution in [0.15, 0.2) is 47.4 Å². The molecule has 0 aliphatic carbocycles. The maximum atomic E-state index is 12.4. The van der Waals surface area contributed by atoms with Crippen LogP contribution in [-0.4, -0.2) is 21.7 Å². The van der Waals surface area contributed by atoms with Crippen LogP contribution in [-0.2, 0) is 0 Å². The van der Waals surface area contributed by atoms with E-state index in [0.717, 1.165) is 15.8 Å². The third-order valence-electron chi connectivity index (χ3n) is 3.34. The Kier molecular flexibility index (Phi) is 3.71. The van der Waals surface area contributed by atoms with Crippen LogP contribution >= 0.6 is 11.3 Å². The molecule has 116 valence electrons. The predicted octanol–water partition coefficient (Wildman–Crippen LogP) is 2.45. The largest absolute Gasteiger partial charge is 0.478 e. The first-order chi connectivity index (χ1) is 11.0. The van der Waals surface area contributed by atoms with E-state index in [9.17, 15) is 19.5 Å². The van der Waals surface area contributed by atoms with Gasteiger partial charge in [0.15, 0.2) is 0 Å². The molecule has 7 heteroatoms. The second-order valence-corrected chi connectivity index (χ2v) is 6.21. The third kappa shape index (κ3) is 2.74. The van der Waals surface area contributed by atoms with Crippen LogP contribution in [0.3, 0.4) is 0 Å². The number of carboxylic acid groups (broad SMARTS) is 1. The first kappa shape index (κ1) is 15.0. The Labute approximate surface area is 134 Å². The van der Waals surface area contributed by atoms with Crippen LogP contribution in [0.1, 0.15) is 24.9 Å². The standard InChI is InChI=1S/C16H12N2O4S/c1-9-6-7-13(23-9)14(19)17-18-8-12(16(21)22)10-4-2-3-5-11(10)15(18)20/h2-8H,1H3,(H,17,19)(H,21,22). The summed E-state index contributed by atoms with van der Waals surface area (Å²) in [6.07, 6.45) is 1.13. The summed E-state index contributed by atoms with van der Waals surface area (Å²) in [5.74, 6) is -1.63. The number of aromatic carboxylic acids is 1. The zero-order valence-corrected chi connectivity index (χ0v) is 12.9. The van der Waals surface area contributed by atoms with Gasteiger partial charge in [-0.05, 0) is 25.1 Å². The number of amides is 1. The fraction of sp³-hybridized carbons (Fsp3) is 0.0625. The zero-order valence-electron chi connectivity index (χ0n) is 12.1. The van der Waals surface area contributed by atoms with E-state index in [4.69, 9.17) is 0 Å². The normalized spacial score (nSPS) is 10.7. The molecule has 0 radical (unpaired) electrons. The molecule has 0 aliphatic rings. The molecule has 2 aromatic heterocycles. The highest BCUT2D eigenvalue weighted by molar-refractivity contribution is 7.14. The van der Waals surface area contributed by atoms with Crippen molar-refractivity contribution in [1.29, 1.82) is 0 Å². The van der Waals surface area contributed by atoms with Gasteiger partial charge < -0.3 is 5.11 Å². The minimum atomic E-state index is -1.17. The number of fused-ring (bicyclic) bond motifs is 1. The maximum absolute atomic E-state index is 12.4. The molecule has 0 spiro atoms. The summed E-state index contributed by atoms with van der Waals surface area (Å²) >= 11 is 1.29. The molecule has 6 nitrogen and oxygen atoms in total. The number of pyridine rings is 1. The van der Waals surface area contributed by atoms with E-state index < -0.39 is 17.4 Å². The van der Waals surface area contributed by atoms with Gasteiger partial charge in [-0.1, -0.05) is 18.2 Å². The van der Waals surface area contributed by atoms with E-state index in [0.29, 0.717) is 10.3 Å². The van der Waals surface area contributed by atoms with Gasteiger partial charge in [-0.25, -0.2) is 9.47 Å². The SMILES string of the molecule is Cc1ccc(C(=O)Nn2cc(C(=O)O)c3ccccc3c2=O)s1. The molecular weight excluding hydrogens is 316 g/mol. The quantitative estimate of drug-likeness (QED) is 0.773. The van der Waals surface area contributed by atoms with Gasteiger partial charge in [0.05, 0.1) is 10.4 Å². The van der Waals surface area contributed by atoms with E-state index in [1.165, 1.54) is 17.4 Å². The molecule has 0 atom stereocenters. The molecule has 23 heavy (non-hydrogen) atoms. The topological polar surface area (TPSA) is 88.4 Å². The molecule has 0 saturated carbocycles. The number of carboxylic acids is 1. The molecule has 1 amide bonds. The summed E-state index contributed by atoms with van der Waals surface area (Å²) < 4.78 is 0.920. The Bertz CT molecular complexity index is 987. The molecule has 3 rings (SSSR count). The number of rotatable bonds is 3. The smallest absolute Gasteiger partial charge is 0.337 e. The van der Waals surface area contributed by atoms with E-state index >= 15 is 0 Å². The number of hydrogen-bond donors (Lipinski definition) is 2. The van der Waals surface area contributed by atoms with Crippen molar-refractivity contribution in [2.24, 2.45) is 0 Å². The van der Waals surface area contributed by atoms with Gasteiger partial charge in [0.25, 0.3) is 11.5 Å². The average Bonchev–Trinajstić information content (AvgIpc) is 2.96.